The lowest BCUT2D eigenvalue weighted by Gasteiger charge is -2.38. The second kappa shape index (κ2) is 7.78. The van der Waals surface area contributed by atoms with Gasteiger partial charge in [0.25, 0.3) is 0 Å². The van der Waals surface area contributed by atoms with Crippen LogP contribution in [0.1, 0.15) is 25.3 Å². The average Bonchev–Trinajstić information content (AvgIpc) is 2.52. The standard InChI is InChI=1S/C18H27ClN2O/c1-15-12-17(6-11-22-15)14-21-9-7-20(8-10-21)13-16-2-4-18(19)5-3-16/h2-5,15,17H,6-14H2,1H3/t15-,17+/m0/s1. The summed E-state index contributed by atoms with van der Waals surface area (Å²) in [5.74, 6) is 0.826. The SMILES string of the molecule is C[C@H]1C[C@H](CN2CCN(Cc3ccc(Cl)cc3)CC2)CCO1. The molecular weight excluding hydrogens is 296 g/mol. The molecule has 1 aromatic carbocycles. The van der Waals surface area contributed by atoms with Gasteiger partial charge in [0.15, 0.2) is 0 Å². The van der Waals surface area contributed by atoms with E-state index in [4.69, 9.17) is 16.3 Å². The molecule has 4 heteroatoms. The molecule has 0 spiro atoms. The van der Waals surface area contributed by atoms with Crippen LogP contribution < -0.4 is 0 Å². The van der Waals surface area contributed by atoms with Crippen molar-refractivity contribution in [1.29, 1.82) is 0 Å². The van der Waals surface area contributed by atoms with Gasteiger partial charge >= 0.3 is 0 Å². The van der Waals surface area contributed by atoms with Crippen molar-refractivity contribution in [3.05, 3.63) is 34.9 Å². The largest absolute Gasteiger partial charge is 0.378 e. The van der Waals surface area contributed by atoms with Crippen LogP contribution in [0.2, 0.25) is 5.02 Å². The number of halogens is 1. The molecule has 1 aromatic rings. The van der Waals surface area contributed by atoms with E-state index in [-0.39, 0.29) is 0 Å². The van der Waals surface area contributed by atoms with E-state index in [2.05, 4.69) is 28.9 Å². The van der Waals surface area contributed by atoms with Crippen LogP contribution in [0.25, 0.3) is 0 Å². The van der Waals surface area contributed by atoms with E-state index in [9.17, 15) is 0 Å². The van der Waals surface area contributed by atoms with E-state index in [0.717, 1.165) is 24.1 Å². The quantitative estimate of drug-likeness (QED) is 0.846. The topological polar surface area (TPSA) is 15.7 Å². The first-order valence-electron chi connectivity index (χ1n) is 8.50. The molecule has 2 aliphatic heterocycles. The highest BCUT2D eigenvalue weighted by Crippen LogP contribution is 2.21. The fourth-order valence-corrected chi connectivity index (χ4v) is 3.73. The van der Waals surface area contributed by atoms with Gasteiger partial charge in [0.2, 0.25) is 0 Å². The lowest BCUT2D eigenvalue weighted by Crippen LogP contribution is -2.48. The summed E-state index contributed by atoms with van der Waals surface area (Å²) in [4.78, 5) is 5.19. The summed E-state index contributed by atoms with van der Waals surface area (Å²) >= 11 is 5.95. The van der Waals surface area contributed by atoms with Gasteiger partial charge in [-0.3, -0.25) is 4.90 Å². The number of hydrogen-bond acceptors (Lipinski definition) is 3. The number of hydrogen-bond donors (Lipinski definition) is 0. The second-order valence-corrected chi connectivity index (χ2v) is 7.21. The zero-order chi connectivity index (χ0) is 15.4. The summed E-state index contributed by atoms with van der Waals surface area (Å²) in [6.07, 6.45) is 2.91. The lowest BCUT2D eigenvalue weighted by atomic mass is 9.95. The third-order valence-electron chi connectivity index (χ3n) is 4.89. The van der Waals surface area contributed by atoms with Gasteiger partial charge in [-0.05, 0) is 43.4 Å². The molecular formula is C18H27ClN2O. The Morgan fingerprint density at radius 3 is 2.45 bits per heavy atom. The van der Waals surface area contributed by atoms with Crippen molar-refractivity contribution < 1.29 is 4.74 Å². The highest BCUT2D eigenvalue weighted by Gasteiger charge is 2.24. The van der Waals surface area contributed by atoms with Gasteiger partial charge in [-0.15, -0.1) is 0 Å². The van der Waals surface area contributed by atoms with Crippen molar-refractivity contribution in [2.45, 2.75) is 32.4 Å². The smallest absolute Gasteiger partial charge is 0.0550 e. The van der Waals surface area contributed by atoms with Crippen molar-refractivity contribution in [3.8, 4) is 0 Å². The summed E-state index contributed by atoms with van der Waals surface area (Å²) < 4.78 is 5.65. The van der Waals surface area contributed by atoms with Gasteiger partial charge in [0, 0.05) is 50.9 Å². The van der Waals surface area contributed by atoms with Crippen molar-refractivity contribution in [3.63, 3.8) is 0 Å². The number of piperazine rings is 1. The number of rotatable bonds is 4. The van der Waals surface area contributed by atoms with Gasteiger partial charge in [0.1, 0.15) is 0 Å². The van der Waals surface area contributed by atoms with Gasteiger partial charge in [0.05, 0.1) is 6.10 Å². The molecule has 2 atom stereocenters. The molecule has 3 rings (SSSR count). The fourth-order valence-electron chi connectivity index (χ4n) is 3.60. The summed E-state index contributed by atoms with van der Waals surface area (Å²) in [5.41, 5.74) is 1.36. The van der Waals surface area contributed by atoms with E-state index in [1.807, 2.05) is 12.1 Å². The van der Waals surface area contributed by atoms with Gasteiger partial charge < -0.3 is 9.64 Å². The molecule has 2 heterocycles. The van der Waals surface area contributed by atoms with Crippen LogP contribution in [-0.2, 0) is 11.3 Å². The van der Waals surface area contributed by atoms with E-state index >= 15 is 0 Å². The maximum Gasteiger partial charge on any atom is 0.0550 e. The molecule has 0 saturated carbocycles. The molecule has 2 aliphatic rings. The third-order valence-corrected chi connectivity index (χ3v) is 5.15. The number of nitrogens with zero attached hydrogens (tertiary/aromatic N) is 2. The van der Waals surface area contributed by atoms with E-state index in [0.29, 0.717) is 6.10 Å². The first-order chi connectivity index (χ1) is 10.7. The Balaban J connectivity index is 1.41. The maximum absolute atomic E-state index is 5.95. The second-order valence-electron chi connectivity index (χ2n) is 6.78. The fraction of sp³-hybridized carbons (Fsp3) is 0.667. The Morgan fingerprint density at radius 2 is 1.77 bits per heavy atom. The first kappa shape index (κ1) is 16.3. The Bertz CT molecular complexity index is 457. The first-order valence-corrected chi connectivity index (χ1v) is 8.87. The normalized spacial score (nSPS) is 27.9. The van der Waals surface area contributed by atoms with Crippen LogP contribution in [0.5, 0.6) is 0 Å². The Hall–Kier alpha value is -0.610. The number of ether oxygens (including phenoxy) is 1. The van der Waals surface area contributed by atoms with Crippen LogP contribution in [0.3, 0.4) is 0 Å². The zero-order valence-electron chi connectivity index (χ0n) is 13.5. The van der Waals surface area contributed by atoms with E-state index < -0.39 is 0 Å². The molecule has 122 valence electrons. The Morgan fingerprint density at radius 1 is 1.09 bits per heavy atom. The van der Waals surface area contributed by atoms with Gasteiger partial charge in [-0.1, -0.05) is 23.7 Å². The molecule has 22 heavy (non-hydrogen) atoms. The van der Waals surface area contributed by atoms with Crippen LogP contribution in [0, 0.1) is 5.92 Å². The van der Waals surface area contributed by atoms with Crippen molar-refractivity contribution in [1.82, 2.24) is 9.80 Å². The maximum atomic E-state index is 5.95. The highest BCUT2D eigenvalue weighted by atomic mass is 35.5. The Labute approximate surface area is 139 Å². The van der Waals surface area contributed by atoms with Gasteiger partial charge in [-0.2, -0.15) is 0 Å². The molecule has 0 N–H and O–H groups in total. The summed E-state index contributed by atoms with van der Waals surface area (Å²) in [6.45, 7) is 10.2. The minimum absolute atomic E-state index is 0.449. The van der Waals surface area contributed by atoms with Crippen molar-refractivity contribution >= 4 is 11.6 Å². The van der Waals surface area contributed by atoms with Crippen LogP contribution in [0.4, 0.5) is 0 Å². The molecule has 3 nitrogen and oxygen atoms in total. The van der Waals surface area contributed by atoms with E-state index in [1.165, 1.54) is 51.1 Å². The van der Waals surface area contributed by atoms with Gasteiger partial charge in [-0.25, -0.2) is 0 Å². The third kappa shape index (κ3) is 4.69. The molecule has 0 aromatic heterocycles. The van der Waals surface area contributed by atoms with Crippen LogP contribution >= 0.6 is 11.6 Å². The molecule has 0 radical (unpaired) electrons. The van der Waals surface area contributed by atoms with Crippen LogP contribution in [-0.4, -0.2) is 55.2 Å². The average molecular weight is 323 g/mol. The van der Waals surface area contributed by atoms with Crippen molar-refractivity contribution in [2.75, 3.05) is 39.3 Å². The lowest BCUT2D eigenvalue weighted by molar-refractivity contribution is -0.00958. The minimum atomic E-state index is 0.449. The summed E-state index contributed by atoms with van der Waals surface area (Å²) in [7, 11) is 0. The monoisotopic (exact) mass is 322 g/mol. The highest BCUT2D eigenvalue weighted by molar-refractivity contribution is 6.30. The van der Waals surface area contributed by atoms with E-state index in [1.54, 1.807) is 0 Å². The minimum Gasteiger partial charge on any atom is -0.378 e. The Kier molecular flexibility index (Phi) is 5.75. The van der Waals surface area contributed by atoms with Crippen molar-refractivity contribution in [2.24, 2.45) is 5.92 Å². The predicted molar refractivity (Wildman–Crippen MR) is 91.3 cm³/mol. The zero-order valence-corrected chi connectivity index (χ0v) is 14.3. The molecule has 0 aliphatic carbocycles. The molecule has 0 unspecified atom stereocenters. The number of benzene rings is 1. The molecule has 0 bridgehead atoms. The summed E-state index contributed by atoms with van der Waals surface area (Å²) in [5, 5.41) is 0.819. The molecule has 2 fully saturated rings. The molecule has 2 saturated heterocycles. The predicted octanol–water partition coefficient (Wildman–Crippen LogP) is 3.27. The summed E-state index contributed by atoms with van der Waals surface area (Å²) in [6, 6.07) is 8.25. The van der Waals surface area contributed by atoms with Crippen LogP contribution in [0.15, 0.2) is 24.3 Å². The molecule has 0 amide bonds.